The Hall–Kier alpha value is -0.120. The smallest absolute Gasteiger partial charge is 0.0223 e. The topological polar surface area (TPSA) is 18.5 Å². The normalized spacial score (nSPS) is 32.5. The Morgan fingerprint density at radius 2 is 1.89 bits per heavy atom. The molecule has 2 fully saturated rings. The minimum atomic E-state index is 0.344. The Morgan fingerprint density at radius 1 is 1.22 bits per heavy atom. The predicted octanol–water partition coefficient (Wildman–Crippen LogP) is 1.79. The number of likely N-dealkylation sites (tertiary alicyclic amines) is 1. The molecule has 1 N–H and O–H groups in total. The van der Waals surface area contributed by atoms with Gasteiger partial charge in [0, 0.05) is 31.2 Å². The van der Waals surface area contributed by atoms with E-state index in [4.69, 9.17) is 0 Å². The summed E-state index contributed by atoms with van der Waals surface area (Å²) in [6.45, 7) is 10.8. The summed E-state index contributed by atoms with van der Waals surface area (Å²) < 4.78 is 0. The zero-order valence-corrected chi connectivity index (χ0v) is 12.9. The largest absolute Gasteiger partial charge is 0.317 e. The van der Waals surface area contributed by atoms with Crippen LogP contribution in [0.1, 0.15) is 40.0 Å². The Bertz CT molecular complexity index is 277. The third kappa shape index (κ3) is 2.89. The Balaban J connectivity index is 1.94. The summed E-state index contributed by atoms with van der Waals surface area (Å²) in [5.74, 6) is 0. The van der Waals surface area contributed by atoms with Crippen LogP contribution in [0.15, 0.2) is 0 Å². The van der Waals surface area contributed by atoms with Gasteiger partial charge in [-0.05, 0) is 52.2 Å². The van der Waals surface area contributed by atoms with Crippen LogP contribution in [-0.2, 0) is 0 Å². The minimum absolute atomic E-state index is 0.344. The fourth-order valence-corrected chi connectivity index (χ4v) is 3.63. The van der Waals surface area contributed by atoms with Crippen molar-refractivity contribution in [3.8, 4) is 0 Å². The first kappa shape index (κ1) is 14.3. The highest BCUT2D eigenvalue weighted by molar-refractivity contribution is 4.93. The van der Waals surface area contributed by atoms with E-state index in [1.165, 1.54) is 38.9 Å². The molecule has 3 atom stereocenters. The Morgan fingerprint density at radius 3 is 2.56 bits per heavy atom. The fourth-order valence-electron chi connectivity index (χ4n) is 3.63. The van der Waals surface area contributed by atoms with Gasteiger partial charge < -0.3 is 10.2 Å². The number of hydrogen-bond donors (Lipinski definition) is 1. The van der Waals surface area contributed by atoms with Gasteiger partial charge in [0.2, 0.25) is 0 Å². The van der Waals surface area contributed by atoms with Crippen molar-refractivity contribution < 1.29 is 0 Å². The summed E-state index contributed by atoms with van der Waals surface area (Å²) in [6.07, 6.45) is 4.18. The molecule has 0 aliphatic carbocycles. The molecule has 0 aromatic heterocycles. The molecule has 2 rings (SSSR count). The van der Waals surface area contributed by atoms with Gasteiger partial charge >= 0.3 is 0 Å². The van der Waals surface area contributed by atoms with Crippen LogP contribution < -0.4 is 5.32 Å². The molecule has 18 heavy (non-hydrogen) atoms. The second-order valence-electron chi connectivity index (χ2n) is 7.07. The molecule has 106 valence electrons. The van der Waals surface area contributed by atoms with Crippen LogP contribution >= 0.6 is 0 Å². The third-order valence-corrected chi connectivity index (χ3v) is 5.47. The average molecular weight is 253 g/mol. The molecule has 3 unspecified atom stereocenters. The molecule has 0 amide bonds. The van der Waals surface area contributed by atoms with Crippen LogP contribution in [0.5, 0.6) is 0 Å². The maximum absolute atomic E-state index is 3.42. The predicted molar refractivity (Wildman–Crippen MR) is 77.9 cm³/mol. The third-order valence-electron chi connectivity index (χ3n) is 5.47. The highest BCUT2D eigenvalue weighted by Gasteiger charge is 2.36. The Labute approximate surface area is 113 Å². The van der Waals surface area contributed by atoms with Crippen molar-refractivity contribution in [1.29, 1.82) is 0 Å². The van der Waals surface area contributed by atoms with Crippen molar-refractivity contribution in [2.24, 2.45) is 5.41 Å². The summed E-state index contributed by atoms with van der Waals surface area (Å²) in [7, 11) is 4.40. The molecule has 0 saturated carbocycles. The van der Waals surface area contributed by atoms with Gasteiger partial charge in [-0.15, -0.1) is 0 Å². The molecular formula is C15H31N3. The summed E-state index contributed by atoms with van der Waals surface area (Å²) in [5.41, 5.74) is 0.344. The van der Waals surface area contributed by atoms with Crippen LogP contribution in [0.2, 0.25) is 0 Å². The van der Waals surface area contributed by atoms with Crippen molar-refractivity contribution in [2.75, 3.05) is 33.7 Å². The van der Waals surface area contributed by atoms with Crippen LogP contribution in [0.25, 0.3) is 0 Å². The molecule has 2 aliphatic rings. The molecule has 2 saturated heterocycles. The second kappa shape index (κ2) is 5.48. The Kier molecular flexibility index (Phi) is 4.35. The van der Waals surface area contributed by atoms with Gasteiger partial charge in [0.05, 0.1) is 0 Å². The van der Waals surface area contributed by atoms with Crippen molar-refractivity contribution in [2.45, 2.75) is 58.2 Å². The van der Waals surface area contributed by atoms with Crippen LogP contribution in [0.4, 0.5) is 0 Å². The number of nitrogens with zero attached hydrogens (tertiary/aromatic N) is 2. The van der Waals surface area contributed by atoms with Gasteiger partial charge in [-0.1, -0.05) is 13.8 Å². The van der Waals surface area contributed by atoms with Crippen LogP contribution in [0.3, 0.4) is 0 Å². The summed E-state index contributed by atoms with van der Waals surface area (Å²) in [5, 5.41) is 3.42. The lowest BCUT2D eigenvalue weighted by molar-refractivity contribution is 0.134. The average Bonchev–Trinajstić information content (AvgIpc) is 2.56. The van der Waals surface area contributed by atoms with E-state index in [1.807, 2.05) is 0 Å². The second-order valence-corrected chi connectivity index (χ2v) is 7.07. The lowest BCUT2D eigenvalue weighted by Crippen LogP contribution is -2.47. The quantitative estimate of drug-likeness (QED) is 0.824. The number of likely N-dealkylation sites (N-methyl/N-ethyl adjacent to an activating group) is 1. The first-order chi connectivity index (χ1) is 8.44. The molecule has 0 aromatic carbocycles. The van der Waals surface area contributed by atoms with E-state index in [0.717, 1.165) is 12.1 Å². The van der Waals surface area contributed by atoms with E-state index in [0.29, 0.717) is 11.5 Å². The van der Waals surface area contributed by atoms with Crippen LogP contribution in [-0.4, -0.2) is 61.7 Å². The molecule has 3 heteroatoms. The standard InChI is InChI=1S/C15H31N3/c1-12(16-4)15(2,3)11-18-9-8-13-6-7-14(10-18)17(13)5/h12-14,16H,6-11H2,1-5H3. The number of fused-ring (bicyclic) bond motifs is 2. The molecule has 2 bridgehead atoms. The van der Waals surface area contributed by atoms with Gasteiger partial charge in [0.1, 0.15) is 0 Å². The minimum Gasteiger partial charge on any atom is -0.317 e. The van der Waals surface area contributed by atoms with Gasteiger partial charge in [-0.2, -0.15) is 0 Å². The molecule has 0 spiro atoms. The fraction of sp³-hybridized carbons (Fsp3) is 1.00. The summed E-state index contributed by atoms with van der Waals surface area (Å²) >= 11 is 0. The van der Waals surface area contributed by atoms with Gasteiger partial charge in [-0.3, -0.25) is 4.90 Å². The molecule has 2 aliphatic heterocycles. The highest BCUT2D eigenvalue weighted by Crippen LogP contribution is 2.30. The van der Waals surface area contributed by atoms with E-state index in [2.05, 4.69) is 50.0 Å². The van der Waals surface area contributed by atoms with Crippen molar-refractivity contribution in [3.05, 3.63) is 0 Å². The van der Waals surface area contributed by atoms with Gasteiger partial charge in [0.15, 0.2) is 0 Å². The summed E-state index contributed by atoms with van der Waals surface area (Å²) in [6, 6.07) is 2.22. The van der Waals surface area contributed by atoms with Crippen molar-refractivity contribution >= 4 is 0 Å². The lowest BCUT2D eigenvalue weighted by atomic mass is 9.84. The van der Waals surface area contributed by atoms with Gasteiger partial charge in [-0.25, -0.2) is 0 Å². The van der Waals surface area contributed by atoms with Crippen LogP contribution in [0, 0.1) is 5.41 Å². The number of hydrogen-bond acceptors (Lipinski definition) is 3. The van der Waals surface area contributed by atoms with Gasteiger partial charge in [0.25, 0.3) is 0 Å². The van der Waals surface area contributed by atoms with E-state index < -0.39 is 0 Å². The molecule has 0 radical (unpaired) electrons. The maximum atomic E-state index is 3.42. The first-order valence-corrected chi connectivity index (χ1v) is 7.55. The van der Waals surface area contributed by atoms with E-state index >= 15 is 0 Å². The molecule has 2 heterocycles. The zero-order valence-electron chi connectivity index (χ0n) is 12.9. The van der Waals surface area contributed by atoms with Crippen molar-refractivity contribution in [3.63, 3.8) is 0 Å². The number of nitrogens with one attached hydrogen (secondary N) is 1. The maximum Gasteiger partial charge on any atom is 0.0223 e. The molecule has 3 nitrogen and oxygen atoms in total. The lowest BCUT2D eigenvalue weighted by Gasteiger charge is -2.37. The summed E-state index contributed by atoms with van der Waals surface area (Å²) in [4.78, 5) is 5.34. The van der Waals surface area contributed by atoms with E-state index in [9.17, 15) is 0 Å². The van der Waals surface area contributed by atoms with E-state index in [1.54, 1.807) is 0 Å². The van der Waals surface area contributed by atoms with E-state index in [-0.39, 0.29) is 0 Å². The SMILES string of the molecule is CNC(C)C(C)(C)CN1CCC2CCC(C1)N2C. The molecule has 0 aromatic rings. The van der Waals surface area contributed by atoms with Crippen molar-refractivity contribution in [1.82, 2.24) is 15.1 Å². The first-order valence-electron chi connectivity index (χ1n) is 7.55. The monoisotopic (exact) mass is 253 g/mol. The zero-order chi connectivity index (χ0) is 13.3. The number of rotatable bonds is 4. The molecular weight excluding hydrogens is 222 g/mol. The highest BCUT2D eigenvalue weighted by atomic mass is 15.3.